The number of hydrogen-bond acceptors (Lipinski definition) is 7. The Kier molecular flexibility index (Phi) is 8.55. The summed E-state index contributed by atoms with van der Waals surface area (Å²) in [4.78, 5) is 57.3. The zero-order chi connectivity index (χ0) is 32.7. The SMILES string of the molecule is CCN(CC)c1ccc([C@@H]2c3sc(=O)n(CC(=O)Nc4ccccc4)c3S[C@H]3C(=O)N(c4ccccc4C(F)(F)F)C(=O)[C@@H]23)cc1. The number of nitrogens with zero attached hydrogens (tertiary/aromatic N) is 3. The number of thiazole rings is 1. The number of nitrogens with one attached hydrogen (secondary N) is 1. The van der Waals surface area contributed by atoms with Crippen molar-refractivity contribution in [2.75, 3.05) is 28.2 Å². The van der Waals surface area contributed by atoms with E-state index in [0.29, 0.717) is 26.1 Å². The van der Waals surface area contributed by atoms with Gasteiger partial charge in [-0.2, -0.15) is 13.2 Å². The molecule has 1 saturated heterocycles. The number of thioether (sulfide) groups is 1. The van der Waals surface area contributed by atoms with Gasteiger partial charge in [0.2, 0.25) is 17.7 Å². The van der Waals surface area contributed by atoms with Crippen molar-refractivity contribution in [2.45, 2.75) is 42.8 Å². The van der Waals surface area contributed by atoms with E-state index in [1.54, 1.807) is 30.3 Å². The van der Waals surface area contributed by atoms with Gasteiger partial charge in [-0.3, -0.25) is 23.7 Å². The van der Waals surface area contributed by atoms with Gasteiger partial charge in [-0.05, 0) is 55.8 Å². The van der Waals surface area contributed by atoms with Crippen molar-refractivity contribution in [3.05, 3.63) is 105 Å². The van der Waals surface area contributed by atoms with Gasteiger partial charge in [0.15, 0.2) is 0 Å². The summed E-state index contributed by atoms with van der Waals surface area (Å²) in [5, 5.41) is 1.98. The molecule has 6 rings (SSSR count). The number of para-hydroxylation sites is 2. The number of hydrogen-bond donors (Lipinski definition) is 1. The first-order valence-corrected chi connectivity index (χ1v) is 16.4. The van der Waals surface area contributed by atoms with Crippen LogP contribution >= 0.6 is 23.1 Å². The van der Waals surface area contributed by atoms with E-state index in [2.05, 4.69) is 10.2 Å². The van der Waals surface area contributed by atoms with Gasteiger partial charge in [0.25, 0.3) is 0 Å². The van der Waals surface area contributed by atoms with E-state index < -0.39 is 57.1 Å². The topological polar surface area (TPSA) is 91.7 Å². The lowest BCUT2D eigenvalue weighted by Crippen LogP contribution is -2.33. The van der Waals surface area contributed by atoms with Gasteiger partial charge in [-0.15, -0.1) is 0 Å². The van der Waals surface area contributed by atoms with Crippen molar-refractivity contribution in [1.29, 1.82) is 0 Å². The van der Waals surface area contributed by atoms with Crippen molar-refractivity contribution >= 4 is 57.9 Å². The Balaban J connectivity index is 1.44. The summed E-state index contributed by atoms with van der Waals surface area (Å²) in [6.45, 7) is 5.23. The number of benzene rings is 3. The monoisotopic (exact) mass is 666 g/mol. The van der Waals surface area contributed by atoms with E-state index in [1.165, 1.54) is 16.7 Å². The summed E-state index contributed by atoms with van der Waals surface area (Å²) in [5.74, 6) is -3.91. The molecule has 46 heavy (non-hydrogen) atoms. The summed E-state index contributed by atoms with van der Waals surface area (Å²) in [6.07, 6.45) is -4.80. The molecule has 3 aromatic carbocycles. The highest BCUT2D eigenvalue weighted by atomic mass is 32.2. The Morgan fingerprint density at radius 3 is 2.20 bits per heavy atom. The zero-order valence-corrected chi connectivity index (χ0v) is 26.4. The highest BCUT2D eigenvalue weighted by Crippen LogP contribution is 2.54. The van der Waals surface area contributed by atoms with Gasteiger partial charge in [-0.25, -0.2) is 4.90 Å². The molecule has 1 aromatic heterocycles. The number of amides is 3. The third-order valence-corrected chi connectivity index (χ3v) is 10.8. The third kappa shape index (κ3) is 5.62. The number of carbonyl (C=O) groups excluding carboxylic acids is 3. The Labute approximate surface area is 270 Å². The van der Waals surface area contributed by atoms with Crippen molar-refractivity contribution in [1.82, 2.24) is 4.57 Å². The molecule has 3 amide bonds. The van der Waals surface area contributed by atoms with Gasteiger partial charge >= 0.3 is 11.0 Å². The van der Waals surface area contributed by atoms with Crippen LogP contribution < -0.4 is 20.0 Å². The summed E-state index contributed by atoms with van der Waals surface area (Å²) in [7, 11) is 0. The standard InChI is InChI=1S/C33H29F3N4O4S2/c1-3-38(4-2)21-16-14-19(15-17-21)25-26-27(30(43)40(29(26)42)23-13-9-8-12-22(23)33(34,35)36)45-31-28(25)46-32(44)39(31)18-24(41)37-20-10-6-5-7-11-20/h5-17,25-27H,3-4,18H2,1-2H3,(H,37,41)/t25-,26-,27+/m0/s1. The fraction of sp³-hybridized carbons (Fsp3) is 0.273. The van der Waals surface area contributed by atoms with Crippen LogP contribution in [-0.4, -0.2) is 40.6 Å². The van der Waals surface area contributed by atoms with Crippen LogP contribution in [0.3, 0.4) is 0 Å². The highest BCUT2D eigenvalue weighted by Gasteiger charge is 2.57. The van der Waals surface area contributed by atoms with E-state index in [9.17, 15) is 32.3 Å². The maximum absolute atomic E-state index is 14.1. The molecule has 8 nitrogen and oxygen atoms in total. The minimum atomic E-state index is -4.80. The number of aromatic nitrogens is 1. The van der Waals surface area contributed by atoms with Gasteiger partial charge in [0.05, 0.1) is 22.2 Å². The highest BCUT2D eigenvalue weighted by molar-refractivity contribution is 8.00. The minimum Gasteiger partial charge on any atom is -0.372 e. The summed E-state index contributed by atoms with van der Waals surface area (Å²) in [6, 6.07) is 20.7. The van der Waals surface area contributed by atoms with Crippen LogP contribution in [0.1, 0.15) is 35.8 Å². The minimum absolute atomic E-state index is 0.347. The van der Waals surface area contributed by atoms with E-state index in [1.807, 2.05) is 38.1 Å². The molecule has 13 heteroatoms. The average Bonchev–Trinajstić information content (AvgIpc) is 3.48. The van der Waals surface area contributed by atoms with Gasteiger partial charge in [-0.1, -0.05) is 65.6 Å². The van der Waals surface area contributed by atoms with Crippen LogP contribution in [-0.2, 0) is 27.1 Å². The van der Waals surface area contributed by atoms with Crippen LogP contribution in [0.2, 0.25) is 0 Å². The summed E-state index contributed by atoms with van der Waals surface area (Å²) in [5.41, 5.74) is 0.498. The quantitative estimate of drug-likeness (QED) is 0.225. The first kappa shape index (κ1) is 31.6. The lowest BCUT2D eigenvalue weighted by atomic mass is 9.83. The van der Waals surface area contributed by atoms with E-state index in [0.717, 1.165) is 54.0 Å². The lowest BCUT2D eigenvalue weighted by Gasteiger charge is -2.31. The second kappa shape index (κ2) is 12.4. The van der Waals surface area contributed by atoms with Gasteiger partial charge in [0.1, 0.15) is 11.8 Å². The number of alkyl halides is 3. The molecule has 1 N–H and O–H groups in total. The molecule has 4 aromatic rings. The van der Waals surface area contributed by atoms with Crippen LogP contribution in [0, 0.1) is 5.92 Å². The van der Waals surface area contributed by atoms with Crippen LogP contribution in [0.4, 0.5) is 30.2 Å². The fourth-order valence-corrected chi connectivity index (χ4v) is 8.88. The van der Waals surface area contributed by atoms with Crippen molar-refractivity contribution in [2.24, 2.45) is 5.92 Å². The maximum Gasteiger partial charge on any atom is 0.418 e. The fourth-order valence-electron chi connectivity index (χ4n) is 6.11. The van der Waals surface area contributed by atoms with E-state index in [4.69, 9.17) is 0 Å². The molecule has 0 bridgehead atoms. The molecule has 3 atom stereocenters. The number of imide groups is 1. The van der Waals surface area contributed by atoms with Crippen LogP contribution in [0.25, 0.3) is 0 Å². The Morgan fingerprint density at radius 2 is 1.54 bits per heavy atom. The molecule has 238 valence electrons. The lowest BCUT2D eigenvalue weighted by molar-refractivity contribution is -0.137. The van der Waals surface area contributed by atoms with Crippen molar-refractivity contribution in [3.63, 3.8) is 0 Å². The van der Waals surface area contributed by atoms with E-state index >= 15 is 0 Å². The number of carbonyl (C=O) groups is 3. The molecule has 2 aliphatic rings. The third-order valence-electron chi connectivity index (χ3n) is 8.24. The maximum atomic E-state index is 14.1. The molecular formula is C33H29F3N4O4S2. The molecule has 3 heterocycles. The van der Waals surface area contributed by atoms with Gasteiger partial charge in [0, 0.05) is 35.3 Å². The molecule has 2 aliphatic heterocycles. The molecule has 0 unspecified atom stereocenters. The second-order valence-electron chi connectivity index (χ2n) is 10.9. The Bertz CT molecular complexity index is 1850. The van der Waals surface area contributed by atoms with Crippen LogP contribution in [0.15, 0.2) is 88.7 Å². The number of halogens is 3. The molecule has 0 spiro atoms. The van der Waals surface area contributed by atoms with Gasteiger partial charge < -0.3 is 10.2 Å². The van der Waals surface area contributed by atoms with Crippen molar-refractivity contribution < 1.29 is 27.6 Å². The smallest absolute Gasteiger partial charge is 0.372 e. The first-order valence-electron chi connectivity index (χ1n) is 14.7. The molecule has 1 fully saturated rings. The average molecular weight is 667 g/mol. The molecule has 0 saturated carbocycles. The Hall–Kier alpha value is -4.36. The second-order valence-corrected chi connectivity index (χ2v) is 13.0. The summed E-state index contributed by atoms with van der Waals surface area (Å²) >= 11 is 1.83. The Morgan fingerprint density at radius 1 is 0.891 bits per heavy atom. The van der Waals surface area contributed by atoms with Crippen molar-refractivity contribution in [3.8, 4) is 0 Å². The largest absolute Gasteiger partial charge is 0.418 e. The molecular weight excluding hydrogens is 638 g/mol. The number of rotatable bonds is 8. The van der Waals surface area contributed by atoms with E-state index in [-0.39, 0.29) is 6.54 Å². The zero-order valence-electron chi connectivity index (χ0n) is 24.8. The molecule has 0 radical (unpaired) electrons. The number of anilines is 3. The molecule has 0 aliphatic carbocycles. The normalized spacial score (nSPS) is 19.2. The summed E-state index contributed by atoms with van der Waals surface area (Å²) < 4.78 is 43.4. The first-order chi connectivity index (χ1) is 22.0. The predicted octanol–water partition coefficient (Wildman–Crippen LogP) is 6.21. The number of fused-ring (bicyclic) bond motifs is 2. The van der Waals surface area contributed by atoms with Crippen LogP contribution in [0.5, 0.6) is 0 Å². The predicted molar refractivity (Wildman–Crippen MR) is 173 cm³/mol.